The molecule has 1 unspecified atom stereocenters. The van der Waals surface area contributed by atoms with Crippen molar-refractivity contribution in [1.29, 1.82) is 0 Å². The van der Waals surface area contributed by atoms with Crippen molar-refractivity contribution in [2.45, 2.75) is 32.1 Å². The first-order valence-corrected chi connectivity index (χ1v) is 9.85. The molecule has 1 aliphatic heterocycles. The molecule has 0 spiro atoms. The highest BCUT2D eigenvalue weighted by Gasteiger charge is 2.37. The van der Waals surface area contributed by atoms with E-state index in [9.17, 15) is 0 Å². The fraction of sp³-hybridized carbons (Fsp3) is 0.231. The maximum atomic E-state index is 3.62. The molecule has 27 heavy (non-hydrogen) atoms. The molecule has 5 rings (SSSR count). The summed E-state index contributed by atoms with van der Waals surface area (Å²) in [4.78, 5) is 0. The van der Waals surface area contributed by atoms with Crippen LogP contribution in [-0.4, -0.2) is 6.54 Å². The molecule has 0 amide bonds. The van der Waals surface area contributed by atoms with Crippen LogP contribution >= 0.6 is 0 Å². The van der Waals surface area contributed by atoms with E-state index in [0.717, 1.165) is 6.54 Å². The molecule has 0 saturated heterocycles. The van der Waals surface area contributed by atoms with Crippen LogP contribution in [0.3, 0.4) is 0 Å². The highest BCUT2D eigenvalue weighted by molar-refractivity contribution is 5.79. The van der Waals surface area contributed by atoms with E-state index in [1.165, 1.54) is 44.0 Å². The summed E-state index contributed by atoms with van der Waals surface area (Å²) in [5.41, 5.74) is 8.32. The van der Waals surface area contributed by atoms with E-state index >= 15 is 0 Å². The van der Waals surface area contributed by atoms with Gasteiger partial charge in [0.1, 0.15) is 0 Å². The molecule has 1 heteroatoms. The molecule has 0 saturated carbocycles. The van der Waals surface area contributed by atoms with Crippen molar-refractivity contribution >= 4 is 11.8 Å². The summed E-state index contributed by atoms with van der Waals surface area (Å²) >= 11 is 0. The van der Waals surface area contributed by atoms with Gasteiger partial charge in [0.05, 0.1) is 0 Å². The first kappa shape index (κ1) is 16.4. The third-order valence-corrected chi connectivity index (χ3v) is 6.63. The Morgan fingerprint density at radius 2 is 1.67 bits per heavy atom. The number of benzene rings is 3. The summed E-state index contributed by atoms with van der Waals surface area (Å²) in [7, 11) is 0. The van der Waals surface area contributed by atoms with Gasteiger partial charge in [0.2, 0.25) is 0 Å². The van der Waals surface area contributed by atoms with Gasteiger partial charge < -0.3 is 5.32 Å². The lowest BCUT2D eigenvalue weighted by molar-refractivity contribution is 0.431. The quantitative estimate of drug-likeness (QED) is 0.690. The Morgan fingerprint density at radius 3 is 2.56 bits per heavy atom. The molecule has 0 aromatic heterocycles. The Bertz CT molecular complexity index is 1170. The molecule has 0 bridgehead atoms. The summed E-state index contributed by atoms with van der Waals surface area (Å²) in [6.45, 7) is 8.02. The summed E-state index contributed by atoms with van der Waals surface area (Å²) in [6, 6.07) is 24.6. The normalized spacial score (nSPS) is 19.2. The minimum atomic E-state index is 0.0978. The zero-order valence-corrected chi connectivity index (χ0v) is 16.2. The second kappa shape index (κ2) is 5.85. The minimum absolute atomic E-state index is 0.0978. The van der Waals surface area contributed by atoms with Crippen LogP contribution in [0.15, 0.2) is 66.7 Å². The van der Waals surface area contributed by atoms with Gasteiger partial charge in [-0.1, -0.05) is 87.5 Å². The van der Waals surface area contributed by atoms with Crippen LogP contribution in [0.1, 0.15) is 43.4 Å². The first-order valence-electron chi connectivity index (χ1n) is 9.85. The van der Waals surface area contributed by atoms with E-state index < -0.39 is 0 Å². The summed E-state index contributed by atoms with van der Waals surface area (Å²) in [6.07, 6.45) is 2.26. The molecular weight excluding hydrogens is 326 g/mol. The lowest BCUT2D eigenvalue weighted by Gasteiger charge is -2.40. The minimum Gasteiger partial charge on any atom is -0.381 e. The van der Waals surface area contributed by atoms with Crippen LogP contribution < -0.4 is 15.8 Å². The highest BCUT2D eigenvalue weighted by Crippen LogP contribution is 2.50. The molecule has 1 nitrogen and oxygen atoms in total. The Hall–Kier alpha value is -2.80. The molecular formula is C26H25N. The number of fused-ring (bicyclic) bond motifs is 4. The molecule has 3 aromatic carbocycles. The van der Waals surface area contributed by atoms with Crippen LogP contribution in [0.5, 0.6) is 0 Å². The Kier molecular flexibility index (Phi) is 3.55. The molecule has 1 atom stereocenters. The molecule has 134 valence electrons. The van der Waals surface area contributed by atoms with Gasteiger partial charge >= 0.3 is 0 Å². The van der Waals surface area contributed by atoms with Crippen LogP contribution in [-0.2, 0) is 5.41 Å². The Morgan fingerprint density at radius 1 is 0.889 bits per heavy atom. The topological polar surface area (TPSA) is 12.0 Å². The number of rotatable bonds is 1. The van der Waals surface area contributed by atoms with Crippen molar-refractivity contribution in [3.8, 4) is 11.1 Å². The fourth-order valence-corrected chi connectivity index (χ4v) is 4.73. The predicted octanol–water partition coefficient (Wildman–Crippen LogP) is 4.29. The van der Waals surface area contributed by atoms with Crippen molar-refractivity contribution in [2.24, 2.45) is 0 Å². The SMILES string of the molecule is CC1c2ccccc2-c2ccc(C3=c4ccccc4=CCN3)cc2C1(C)C. The second-order valence-corrected chi connectivity index (χ2v) is 8.34. The molecule has 1 N–H and O–H groups in total. The summed E-state index contributed by atoms with van der Waals surface area (Å²) in [5.74, 6) is 0.487. The maximum Gasteiger partial charge on any atom is 0.0495 e. The lowest BCUT2D eigenvalue weighted by Crippen LogP contribution is -2.37. The fourth-order valence-electron chi connectivity index (χ4n) is 4.73. The molecule has 0 fully saturated rings. The average Bonchev–Trinajstić information content (AvgIpc) is 2.71. The summed E-state index contributed by atoms with van der Waals surface area (Å²) in [5, 5.41) is 6.24. The van der Waals surface area contributed by atoms with Crippen LogP contribution in [0, 0.1) is 0 Å². The van der Waals surface area contributed by atoms with Crippen molar-refractivity contribution in [1.82, 2.24) is 5.32 Å². The van der Waals surface area contributed by atoms with E-state index in [1.54, 1.807) is 0 Å². The smallest absolute Gasteiger partial charge is 0.0495 e. The molecule has 1 heterocycles. The number of hydrogen-bond donors (Lipinski definition) is 1. The maximum absolute atomic E-state index is 3.62. The van der Waals surface area contributed by atoms with Crippen molar-refractivity contribution < 1.29 is 0 Å². The summed E-state index contributed by atoms with van der Waals surface area (Å²) < 4.78 is 0. The van der Waals surface area contributed by atoms with E-state index in [2.05, 4.69) is 98.9 Å². The monoisotopic (exact) mass is 351 g/mol. The predicted molar refractivity (Wildman–Crippen MR) is 114 cm³/mol. The third-order valence-electron chi connectivity index (χ3n) is 6.63. The molecule has 0 radical (unpaired) electrons. The van der Waals surface area contributed by atoms with Crippen molar-refractivity contribution in [3.63, 3.8) is 0 Å². The largest absolute Gasteiger partial charge is 0.381 e. The van der Waals surface area contributed by atoms with Crippen LogP contribution in [0.4, 0.5) is 0 Å². The van der Waals surface area contributed by atoms with E-state index in [-0.39, 0.29) is 5.41 Å². The first-order chi connectivity index (χ1) is 13.1. The lowest BCUT2D eigenvalue weighted by atomic mass is 9.63. The molecule has 2 aliphatic rings. The van der Waals surface area contributed by atoms with Gasteiger partial charge in [-0.05, 0) is 50.4 Å². The van der Waals surface area contributed by atoms with E-state index in [1.807, 2.05) is 0 Å². The zero-order valence-electron chi connectivity index (χ0n) is 16.2. The molecule has 1 aliphatic carbocycles. The van der Waals surface area contributed by atoms with Gasteiger partial charge in [-0.15, -0.1) is 0 Å². The van der Waals surface area contributed by atoms with Crippen LogP contribution in [0.2, 0.25) is 0 Å². The van der Waals surface area contributed by atoms with E-state index in [4.69, 9.17) is 0 Å². The van der Waals surface area contributed by atoms with E-state index in [0.29, 0.717) is 5.92 Å². The zero-order chi connectivity index (χ0) is 18.6. The number of nitrogens with one attached hydrogen (secondary N) is 1. The van der Waals surface area contributed by atoms with Gasteiger partial charge in [0.25, 0.3) is 0 Å². The second-order valence-electron chi connectivity index (χ2n) is 8.34. The van der Waals surface area contributed by atoms with Crippen molar-refractivity contribution in [3.05, 3.63) is 93.9 Å². The van der Waals surface area contributed by atoms with Gasteiger partial charge in [0, 0.05) is 17.5 Å². The molecule has 3 aromatic rings. The average molecular weight is 351 g/mol. The Labute approximate surface area is 161 Å². The number of hydrogen-bond acceptors (Lipinski definition) is 1. The third kappa shape index (κ3) is 2.38. The van der Waals surface area contributed by atoms with Gasteiger partial charge in [-0.25, -0.2) is 0 Å². The van der Waals surface area contributed by atoms with Gasteiger partial charge in [-0.3, -0.25) is 0 Å². The van der Waals surface area contributed by atoms with Gasteiger partial charge in [0.15, 0.2) is 0 Å². The van der Waals surface area contributed by atoms with Crippen molar-refractivity contribution in [2.75, 3.05) is 6.54 Å². The van der Waals surface area contributed by atoms with Gasteiger partial charge in [-0.2, -0.15) is 0 Å². The standard InChI is InChI=1S/C26H25N/c1-17-20-9-6-7-11-22(20)23-13-12-19(16-24(23)26(17,2)3)25-21-10-5-4-8-18(21)14-15-27-25/h4-14,16-17,27H,15H2,1-3H3. The van der Waals surface area contributed by atoms with Crippen LogP contribution in [0.25, 0.3) is 22.9 Å². The Balaban J connectivity index is 1.78. The highest BCUT2D eigenvalue weighted by atomic mass is 14.9.